The lowest BCUT2D eigenvalue weighted by Gasteiger charge is -2.50. The molecule has 5 atom stereocenters. The van der Waals surface area contributed by atoms with Crippen LogP contribution in [0.25, 0.3) is 0 Å². The van der Waals surface area contributed by atoms with E-state index in [4.69, 9.17) is 18.9 Å². The van der Waals surface area contributed by atoms with Crippen molar-refractivity contribution in [2.45, 2.75) is 36.3 Å². The van der Waals surface area contributed by atoms with Gasteiger partial charge in [0.15, 0.2) is 17.6 Å². The number of benzene rings is 1. The van der Waals surface area contributed by atoms with E-state index in [0.717, 1.165) is 17.7 Å². The maximum atomic E-state index is 10.7. The van der Waals surface area contributed by atoms with E-state index in [1.165, 1.54) is 0 Å². The molecule has 1 spiro atoms. The zero-order chi connectivity index (χ0) is 16.5. The van der Waals surface area contributed by atoms with Crippen LogP contribution in [0, 0.1) is 11.8 Å². The molecule has 24 heavy (non-hydrogen) atoms. The number of aliphatic hydroxyl groups excluding tert-OH is 1. The summed E-state index contributed by atoms with van der Waals surface area (Å²) in [5.41, 5.74) is 0.639. The minimum absolute atomic E-state index is 0.0663. The fraction of sp³-hybridized carbons (Fsp3) is 0.579. The molecule has 0 unspecified atom stereocenters. The van der Waals surface area contributed by atoms with Gasteiger partial charge >= 0.3 is 0 Å². The number of methoxy groups -OCH3 is 1. The number of aliphatic hydroxyl groups is 1. The van der Waals surface area contributed by atoms with E-state index in [-0.39, 0.29) is 17.9 Å². The second-order valence-corrected chi connectivity index (χ2v) is 7.23. The smallest absolute Gasteiger partial charge is 0.212 e. The molecular weight excluding hydrogens is 308 g/mol. The maximum absolute atomic E-state index is 10.7. The summed E-state index contributed by atoms with van der Waals surface area (Å²) in [7, 11) is 1.65. The molecule has 4 aliphatic rings. The molecule has 2 aliphatic heterocycles. The first-order valence-electron chi connectivity index (χ1n) is 8.61. The second-order valence-electron chi connectivity index (χ2n) is 7.23. The summed E-state index contributed by atoms with van der Waals surface area (Å²) in [4.78, 5) is 0. The number of ether oxygens (including phenoxy) is 4. The van der Waals surface area contributed by atoms with Gasteiger partial charge < -0.3 is 24.1 Å². The first-order valence-corrected chi connectivity index (χ1v) is 8.61. The van der Waals surface area contributed by atoms with Crippen LogP contribution >= 0.6 is 0 Å². The first-order chi connectivity index (χ1) is 11.7. The third-order valence-electron chi connectivity index (χ3n) is 6.50. The van der Waals surface area contributed by atoms with Crippen LogP contribution in [0.15, 0.2) is 30.9 Å². The molecule has 3 fully saturated rings. The third kappa shape index (κ3) is 1.47. The highest BCUT2D eigenvalue weighted by Crippen LogP contribution is 2.66. The zero-order valence-corrected chi connectivity index (χ0v) is 13.7. The molecule has 0 radical (unpaired) electrons. The van der Waals surface area contributed by atoms with E-state index >= 15 is 0 Å². The van der Waals surface area contributed by atoms with Crippen molar-refractivity contribution in [3.63, 3.8) is 0 Å². The van der Waals surface area contributed by atoms with E-state index < -0.39 is 17.3 Å². The zero-order valence-electron chi connectivity index (χ0n) is 13.7. The van der Waals surface area contributed by atoms with E-state index in [9.17, 15) is 5.11 Å². The Morgan fingerprint density at radius 1 is 1.29 bits per heavy atom. The fourth-order valence-corrected chi connectivity index (χ4v) is 5.57. The number of hydrogen-bond acceptors (Lipinski definition) is 5. The molecule has 2 bridgehead atoms. The topological polar surface area (TPSA) is 57.2 Å². The molecule has 5 nitrogen and oxygen atoms in total. The predicted octanol–water partition coefficient (Wildman–Crippen LogP) is 2.02. The van der Waals surface area contributed by atoms with E-state index in [1.54, 1.807) is 7.11 Å². The maximum Gasteiger partial charge on any atom is 0.212 e. The van der Waals surface area contributed by atoms with Gasteiger partial charge in [-0.2, -0.15) is 0 Å². The van der Waals surface area contributed by atoms with Gasteiger partial charge in [-0.25, -0.2) is 0 Å². The highest BCUT2D eigenvalue weighted by Gasteiger charge is 2.73. The van der Waals surface area contributed by atoms with Crippen molar-refractivity contribution in [1.29, 1.82) is 0 Å². The van der Waals surface area contributed by atoms with E-state index in [0.29, 0.717) is 25.4 Å². The molecule has 1 aromatic rings. The van der Waals surface area contributed by atoms with Crippen LogP contribution in [0.2, 0.25) is 0 Å². The van der Waals surface area contributed by atoms with Gasteiger partial charge in [0.05, 0.1) is 31.8 Å². The lowest BCUT2D eigenvalue weighted by atomic mass is 9.60. The number of hydrogen-bond donors (Lipinski definition) is 1. The van der Waals surface area contributed by atoms with Gasteiger partial charge in [-0.3, -0.25) is 0 Å². The Morgan fingerprint density at radius 3 is 2.79 bits per heavy atom. The normalized spacial score (nSPS) is 40.9. The Bertz CT molecular complexity index is 695. The third-order valence-corrected chi connectivity index (χ3v) is 6.50. The van der Waals surface area contributed by atoms with Gasteiger partial charge in [0, 0.05) is 11.5 Å². The molecule has 0 aromatic heterocycles. The van der Waals surface area contributed by atoms with Gasteiger partial charge in [0.2, 0.25) is 5.79 Å². The summed E-state index contributed by atoms with van der Waals surface area (Å²) < 4.78 is 24.2. The van der Waals surface area contributed by atoms with Crippen molar-refractivity contribution in [2.75, 3.05) is 20.3 Å². The molecule has 2 saturated carbocycles. The highest BCUT2D eigenvalue weighted by atomic mass is 16.8. The molecule has 2 heterocycles. The SMILES string of the molecule is C=C[C@]12c3cccc(OC)c3O[C@H]1C1(OCCO1)[C@@H]1C[C@H]2C[C@@H]1O. The molecule has 5 heteroatoms. The fourth-order valence-electron chi connectivity index (χ4n) is 5.57. The van der Waals surface area contributed by atoms with Gasteiger partial charge in [-0.05, 0) is 24.8 Å². The van der Waals surface area contributed by atoms with Crippen LogP contribution in [-0.2, 0) is 14.9 Å². The minimum atomic E-state index is -0.912. The van der Waals surface area contributed by atoms with Gasteiger partial charge in [-0.15, -0.1) is 6.58 Å². The summed E-state index contributed by atoms with van der Waals surface area (Å²) in [6, 6.07) is 5.96. The van der Waals surface area contributed by atoms with Crippen molar-refractivity contribution in [3.8, 4) is 11.5 Å². The molecule has 2 aliphatic carbocycles. The van der Waals surface area contributed by atoms with E-state index in [1.807, 2.05) is 18.2 Å². The number of para-hydroxylation sites is 1. The van der Waals surface area contributed by atoms with Crippen molar-refractivity contribution < 1.29 is 24.1 Å². The first kappa shape index (κ1) is 14.8. The van der Waals surface area contributed by atoms with Gasteiger partial charge in [0.25, 0.3) is 0 Å². The second kappa shape index (κ2) is 4.75. The highest BCUT2D eigenvalue weighted by molar-refractivity contribution is 5.58. The average molecular weight is 330 g/mol. The summed E-state index contributed by atoms with van der Waals surface area (Å²) in [5.74, 6) is 0.748. The molecular formula is C19H22O5. The van der Waals surface area contributed by atoms with Crippen LogP contribution < -0.4 is 9.47 Å². The quantitative estimate of drug-likeness (QED) is 0.841. The lowest BCUT2D eigenvalue weighted by molar-refractivity contribution is -0.273. The van der Waals surface area contributed by atoms with Crippen molar-refractivity contribution in [1.82, 2.24) is 0 Å². The van der Waals surface area contributed by atoms with Crippen LogP contribution in [0.1, 0.15) is 18.4 Å². The predicted molar refractivity (Wildman–Crippen MR) is 86.1 cm³/mol. The summed E-state index contributed by atoms with van der Waals surface area (Å²) >= 11 is 0. The Hall–Kier alpha value is -1.56. The summed E-state index contributed by atoms with van der Waals surface area (Å²) in [6.07, 6.45) is 2.76. The van der Waals surface area contributed by atoms with Crippen molar-refractivity contribution >= 4 is 0 Å². The monoisotopic (exact) mass is 330 g/mol. The average Bonchev–Trinajstić information content (AvgIpc) is 3.29. The molecule has 1 saturated heterocycles. The lowest BCUT2D eigenvalue weighted by Crippen LogP contribution is -2.63. The van der Waals surface area contributed by atoms with Crippen LogP contribution in [0.3, 0.4) is 0 Å². The van der Waals surface area contributed by atoms with Gasteiger partial charge in [-0.1, -0.05) is 18.2 Å². The van der Waals surface area contributed by atoms with Crippen LogP contribution in [0.5, 0.6) is 11.5 Å². The largest absolute Gasteiger partial charge is 0.493 e. The van der Waals surface area contributed by atoms with Crippen LogP contribution in [-0.4, -0.2) is 43.4 Å². The summed E-state index contributed by atoms with van der Waals surface area (Å²) in [6.45, 7) is 5.20. The molecule has 1 N–H and O–H groups in total. The number of rotatable bonds is 2. The van der Waals surface area contributed by atoms with Gasteiger partial charge in [0.1, 0.15) is 0 Å². The van der Waals surface area contributed by atoms with Crippen molar-refractivity contribution in [2.24, 2.45) is 11.8 Å². The van der Waals surface area contributed by atoms with Crippen molar-refractivity contribution in [3.05, 3.63) is 36.4 Å². The molecule has 0 amide bonds. The molecule has 1 aromatic carbocycles. The van der Waals surface area contributed by atoms with Crippen LogP contribution in [0.4, 0.5) is 0 Å². The Labute approximate surface area is 141 Å². The summed E-state index contributed by atoms with van der Waals surface area (Å²) in [5, 5.41) is 10.7. The Balaban J connectivity index is 1.76. The number of fused-ring (bicyclic) bond motifs is 8. The Kier molecular flexibility index (Phi) is 2.92. The standard InChI is InChI=1S/C19H22O5/c1-3-18-11-9-13(14(20)10-11)19(22-7-8-23-19)17(18)24-16-12(18)5-4-6-15(16)21-2/h3-6,11,13-14,17,20H,1,7-10H2,2H3/t11-,13+,14-,17+,18-/m0/s1. The minimum Gasteiger partial charge on any atom is -0.493 e. The molecule has 5 rings (SSSR count). The molecule has 128 valence electrons. The Morgan fingerprint density at radius 2 is 2.08 bits per heavy atom. The van der Waals surface area contributed by atoms with E-state index in [2.05, 4.69) is 12.6 Å².